The lowest BCUT2D eigenvalue weighted by Gasteiger charge is -2.11. The number of nitrogens with zero attached hydrogens (tertiary/aromatic N) is 2. The van der Waals surface area contributed by atoms with Crippen molar-refractivity contribution in [3.8, 4) is 17.3 Å². The van der Waals surface area contributed by atoms with Crippen LogP contribution >= 0.6 is 0 Å². The molecule has 2 heterocycles. The van der Waals surface area contributed by atoms with Crippen molar-refractivity contribution < 1.29 is 13.9 Å². The molecule has 1 aliphatic rings. The summed E-state index contributed by atoms with van der Waals surface area (Å²) in [5.41, 5.74) is 3.08. The number of oxazole rings is 1. The highest BCUT2D eigenvalue weighted by atomic mass is 16.5. The van der Waals surface area contributed by atoms with Gasteiger partial charge in [-0.05, 0) is 36.6 Å². The molecule has 1 amide bonds. The quantitative estimate of drug-likeness (QED) is 0.424. The van der Waals surface area contributed by atoms with Gasteiger partial charge in [0.05, 0.1) is 0 Å². The van der Waals surface area contributed by atoms with E-state index >= 15 is 0 Å². The van der Waals surface area contributed by atoms with E-state index in [2.05, 4.69) is 15.3 Å². The number of aromatic nitrogens is 2. The molecular weight excluding hydrogens is 402 g/mol. The van der Waals surface area contributed by atoms with E-state index in [0.29, 0.717) is 29.8 Å². The number of rotatable bonds is 8. The van der Waals surface area contributed by atoms with Crippen LogP contribution in [0.3, 0.4) is 0 Å². The normalized spacial score (nSPS) is 13.0. The minimum absolute atomic E-state index is 0.254. The molecule has 1 aliphatic carbocycles. The van der Waals surface area contributed by atoms with Crippen LogP contribution in [0.25, 0.3) is 11.5 Å². The number of hydrogen-bond acceptors (Lipinski definition) is 5. The fraction of sp³-hybridized carbons (Fsp3) is 0.192. The second-order valence-electron chi connectivity index (χ2n) is 7.80. The molecule has 0 saturated heterocycles. The van der Waals surface area contributed by atoms with Gasteiger partial charge in [-0.15, -0.1) is 0 Å². The topological polar surface area (TPSA) is 77.2 Å². The minimum atomic E-state index is -0.254. The van der Waals surface area contributed by atoms with E-state index in [4.69, 9.17) is 9.15 Å². The Morgan fingerprint density at radius 2 is 1.75 bits per heavy atom. The van der Waals surface area contributed by atoms with Crippen molar-refractivity contribution in [2.45, 2.75) is 31.9 Å². The maximum atomic E-state index is 13.0. The van der Waals surface area contributed by atoms with Gasteiger partial charge in [-0.2, -0.15) is 0 Å². The molecule has 0 aliphatic heterocycles. The SMILES string of the molecule is O=C(NCc1cccnc1OCc1ccccc1)c1nc(-c2ccccc2)oc1C1CC1. The summed E-state index contributed by atoms with van der Waals surface area (Å²) < 4.78 is 11.9. The molecule has 0 unspecified atom stereocenters. The second-order valence-corrected chi connectivity index (χ2v) is 7.80. The molecule has 6 nitrogen and oxygen atoms in total. The average Bonchev–Trinajstić information content (AvgIpc) is 3.60. The predicted molar refractivity (Wildman–Crippen MR) is 120 cm³/mol. The molecule has 32 heavy (non-hydrogen) atoms. The van der Waals surface area contributed by atoms with Gasteiger partial charge >= 0.3 is 0 Å². The molecule has 1 saturated carbocycles. The summed E-state index contributed by atoms with van der Waals surface area (Å²) in [6, 6.07) is 23.3. The summed E-state index contributed by atoms with van der Waals surface area (Å²) in [6.07, 6.45) is 3.72. The number of hydrogen-bond donors (Lipinski definition) is 1. The van der Waals surface area contributed by atoms with Crippen molar-refractivity contribution >= 4 is 5.91 Å². The highest BCUT2D eigenvalue weighted by molar-refractivity contribution is 5.94. The Bertz CT molecular complexity index is 1200. The van der Waals surface area contributed by atoms with Gasteiger partial charge in [-0.1, -0.05) is 54.6 Å². The summed E-state index contributed by atoms with van der Waals surface area (Å²) in [6.45, 7) is 0.697. The second kappa shape index (κ2) is 9.06. The minimum Gasteiger partial charge on any atom is -0.473 e. The van der Waals surface area contributed by atoms with Crippen LogP contribution in [-0.4, -0.2) is 15.9 Å². The van der Waals surface area contributed by atoms with Crippen molar-refractivity contribution in [1.29, 1.82) is 0 Å². The summed E-state index contributed by atoms with van der Waals surface area (Å²) >= 11 is 0. The maximum Gasteiger partial charge on any atom is 0.273 e. The van der Waals surface area contributed by atoms with Crippen LogP contribution in [-0.2, 0) is 13.2 Å². The van der Waals surface area contributed by atoms with E-state index in [1.807, 2.05) is 72.8 Å². The molecule has 4 aromatic rings. The molecule has 0 bridgehead atoms. The molecule has 2 aromatic heterocycles. The van der Waals surface area contributed by atoms with E-state index in [-0.39, 0.29) is 18.4 Å². The van der Waals surface area contributed by atoms with Gasteiger partial charge in [0.1, 0.15) is 12.4 Å². The van der Waals surface area contributed by atoms with Crippen molar-refractivity contribution in [3.63, 3.8) is 0 Å². The number of carbonyl (C=O) groups excluding carboxylic acids is 1. The first-order valence-electron chi connectivity index (χ1n) is 10.7. The lowest BCUT2D eigenvalue weighted by molar-refractivity contribution is 0.0944. The standard InChI is InChI=1S/C26H23N3O3/c30-24(22-23(19-13-14-19)32-26(29-22)20-10-5-2-6-11-20)28-16-21-12-7-15-27-25(21)31-17-18-8-3-1-4-9-18/h1-12,15,19H,13-14,16-17H2,(H,28,30). The molecule has 0 atom stereocenters. The van der Waals surface area contributed by atoms with Crippen molar-refractivity contribution in [2.24, 2.45) is 0 Å². The Labute approximate surface area is 186 Å². The number of carbonyl (C=O) groups is 1. The van der Waals surface area contributed by atoms with Crippen LogP contribution < -0.4 is 10.1 Å². The molecule has 0 radical (unpaired) electrons. The van der Waals surface area contributed by atoms with Crippen molar-refractivity contribution in [3.05, 3.63) is 102 Å². The van der Waals surface area contributed by atoms with Gasteiger partial charge < -0.3 is 14.5 Å². The number of amides is 1. The summed E-state index contributed by atoms with van der Waals surface area (Å²) in [5, 5.41) is 2.96. The van der Waals surface area contributed by atoms with Crippen LogP contribution in [0, 0.1) is 0 Å². The third kappa shape index (κ3) is 4.54. The number of ether oxygens (including phenoxy) is 1. The van der Waals surface area contributed by atoms with Crippen LogP contribution in [0.4, 0.5) is 0 Å². The van der Waals surface area contributed by atoms with Crippen LogP contribution in [0.2, 0.25) is 0 Å². The Kier molecular flexibility index (Phi) is 5.66. The zero-order valence-corrected chi connectivity index (χ0v) is 17.5. The molecule has 2 aromatic carbocycles. The molecular formula is C26H23N3O3. The zero-order chi connectivity index (χ0) is 21.8. The largest absolute Gasteiger partial charge is 0.473 e. The fourth-order valence-electron chi connectivity index (χ4n) is 3.49. The molecule has 6 heteroatoms. The Balaban J connectivity index is 1.30. The Morgan fingerprint density at radius 3 is 2.50 bits per heavy atom. The van der Waals surface area contributed by atoms with Gasteiger partial charge in [0.25, 0.3) is 5.91 Å². The summed E-state index contributed by atoms with van der Waals surface area (Å²) in [4.78, 5) is 21.9. The van der Waals surface area contributed by atoms with Crippen LogP contribution in [0.15, 0.2) is 83.4 Å². The molecule has 160 valence electrons. The van der Waals surface area contributed by atoms with E-state index in [9.17, 15) is 4.79 Å². The first-order chi connectivity index (χ1) is 15.8. The van der Waals surface area contributed by atoms with Crippen LogP contribution in [0.1, 0.15) is 46.1 Å². The molecule has 5 rings (SSSR count). The third-order valence-electron chi connectivity index (χ3n) is 5.35. The van der Waals surface area contributed by atoms with Gasteiger partial charge in [-0.3, -0.25) is 4.79 Å². The summed E-state index contributed by atoms with van der Waals surface area (Å²) in [5.74, 6) is 1.67. The average molecular weight is 425 g/mol. The van der Waals surface area contributed by atoms with Gasteiger partial charge in [0.2, 0.25) is 11.8 Å². The molecule has 1 N–H and O–H groups in total. The van der Waals surface area contributed by atoms with E-state index in [1.54, 1.807) is 6.20 Å². The van der Waals surface area contributed by atoms with E-state index in [0.717, 1.165) is 29.5 Å². The lowest BCUT2D eigenvalue weighted by Crippen LogP contribution is -2.24. The first kappa shape index (κ1) is 20.0. The van der Waals surface area contributed by atoms with Gasteiger partial charge in [-0.25, -0.2) is 9.97 Å². The van der Waals surface area contributed by atoms with Gasteiger partial charge in [0, 0.05) is 29.8 Å². The molecule has 0 spiro atoms. The zero-order valence-electron chi connectivity index (χ0n) is 17.5. The van der Waals surface area contributed by atoms with E-state index in [1.165, 1.54) is 0 Å². The summed E-state index contributed by atoms with van der Waals surface area (Å²) in [7, 11) is 0. The highest BCUT2D eigenvalue weighted by Crippen LogP contribution is 2.43. The number of pyridine rings is 1. The third-order valence-corrected chi connectivity index (χ3v) is 5.35. The lowest BCUT2D eigenvalue weighted by atomic mass is 10.2. The number of nitrogens with one attached hydrogen (secondary N) is 1. The first-order valence-corrected chi connectivity index (χ1v) is 10.7. The van der Waals surface area contributed by atoms with E-state index < -0.39 is 0 Å². The van der Waals surface area contributed by atoms with Gasteiger partial charge in [0.15, 0.2) is 5.69 Å². The fourth-order valence-corrected chi connectivity index (χ4v) is 3.49. The molecule has 1 fully saturated rings. The monoisotopic (exact) mass is 425 g/mol. The van der Waals surface area contributed by atoms with Crippen LogP contribution in [0.5, 0.6) is 5.88 Å². The van der Waals surface area contributed by atoms with Crippen molar-refractivity contribution in [2.75, 3.05) is 0 Å². The predicted octanol–water partition coefficient (Wildman–Crippen LogP) is 5.12. The Hall–Kier alpha value is -3.93. The highest BCUT2D eigenvalue weighted by Gasteiger charge is 2.34. The smallest absolute Gasteiger partial charge is 0.273 e. The Morgan fingerprint density at radius 1 is 1.00 bits per heavy atom. The maximum absolute atomic E-state index is 13.0. The number of benzene rings is 2. The van der Waals surface area contributed by atoms with Crippen molar-refractivity contribution in [1.82, 2.24) is 15.3 Å².